The van der Waals surface area contributed by atoms with Gasteiger partial charge in [0, 0.05) is 32.0 Å². The Labute approximate surface area is 232 Å². The first-order valence-electron chi connectivity index (χ1n) is 13.3. The topological polar surface area (TPSA) is 96.4 Å². The number of amides is 2. The van der Waals surface area contributed by atoms with Gasteiger partial charge in [0.2, 0.25) is 11.8 Å². The molecule has 0 aromatic heterocycles. The van der Waals surface area contributed by atoms with E-state index >= 15 is 0 Å². The molecule has 0 bridgehead atoms. The number of halogens is 2. The number of rotatable bonds is 13. The van der Waals surface area contributed by atoms with Crippen molar-refractivity contribution in [1.82, 2.24) is 9.80 Å². The van der Waals surface area contributed by atoms with E-state index in [-0.39, 0.29) is 49.3 Å². The van der Waals surface area contributed by atoms with Crippen LogP contribution in [0.4, 0.5) is 4.39 Å². The van der Waals surface area contributed by atoms with Gasteiger partial charge in [0.25, 0.3) is 0 Å². The number of benzene rings is 2. The van der Waals surface area contributed by atoms with Gasteiger partial charge in [0.05, 0.1) is 25.1 Å². The molecule has 1 saturated carbocycles. The monoisotopic (exact) mass is 560 g/mol. The van der Waals surface area contributed by atoms with Crippen LogP contribution in [0.2, 0.25) is 5.02 Å². The predicted molar refractivity (Wildman–Crippen MR) is 143 cm³/mol. The van der Waals surface area contributed by atoms with Crippen LogP contribution in [0.5, 0.6) is 11.5 Å². The van der Waals surface area contributed by atoms with Crippen molar-refractivity contribution in [3.05, 3.63) is 58.4 Å². The van der Waals surface area contributed by atoms with E-state index in [1.807, 2.05) is 12.1 Å². The molecule has 0 spiro atoms. The molecule has 2 fully saturated rings. The van der Waals surface area contributed by atoms with Crippen molar-refractivity contribution in [3.8, 4) is 11.5 Å². The second kappa shape index (κ2) is 13.3. The minimum absolute atomic E-state index is 0.00560. The van der Waals surface area contributed by atoms with Crippen molar-refractivity contribution in [3.63, 3.8) is 0 Å². The van der Waals surface area contributed by atoms with Gasteiger partial charge in [-0.15, -0.1) is 0 Å². The van der Waals surface area contributed by atoms with Crippen LogP contribution in [0.3, 0.4) is 0 Å². The van der Waals surface area contributed by atoms with Crippen LogP contribution >= 0.6 is 11.6 Å². The van der Waals surface area contributed by atoms with Gasteiger partial charge in [-0.3, -0.25) is 24.2 Å². The van der Waals surface area contributed by atoms with Gasteiger partial charge in [0.15, 0.2) is 11.5 Å². The largest absolute Gasteiger partial charge is 0.493 e. The number of nitrogens with zero attached hydrogens (tertiary/aromatic N) is 2. The normalized spacial score (nSPS) is 16.8. The van der Waals surface area contributed by atoms with Crippen molar-refractivity contribution >= 4 is 29.4 Å². The summed E-state index contributed by atoms with van der Waals surface area (Å²) in [7, 11) is 1.53. The predicted octanol–water partition coefficient (Wildman–Crippen LogP) is 5.22. The molecule has 10 heteroatoms. The quantitative estimate of drug-likeness (QED) is 0.335. The van der Waals surface area contributed by atoms with Crippen molar-refractivity contribution in [1.29, 1.82) is 0 Å². The third-order valence-electron chi connectivity index (χ3n) is 7.45. The molecule has 1 aliphatic carbocycles. The first-order valence-corrected chi connectivity index (χ1v) is 13.7. The zero-order chi connectivity index (χ0) is 27.9. The smallest absolute Gasteiger partial charge is 0.305 e. The van der Waals surface area contributed by atoms with Crippen LogP contribution in [-0.4, -0.2) is 59.5 Å². The number of carboxylic acid groups (broad SMARTS) is 1. The minimum Gasteiger partial charge on any atom is -0.493 e. The molecule has 1 aliphatic heterocycles. The van der Waals surface area contributed by atoms with Crippen LogP contribution in [0.25, 0.3) is 0 Å². The average Bonchev–Trinajstić information content (AvgIpc) is 3.54. The van der Waals surface area contributed by atoms with Crippen LogP contribution in [-0.2, 0) is 20.9 Å². The maximum Gasteiger partial charge on any atom is 0.305 e. The van der Waals surface area contributed by atoms with Gasteiger partial charge >= 0.3 is 5.97 Å². The Morgan fingerprint density at radius 2 is 1.85 bits per heavy atom. The summed E-state index contributed by atoms with van der Waals surface area (Å²) in [6.45, 7) is 1.42. The molecule has 2 aromatic carbocycles. The van der Waals surface area contributed by atoms with Gasteiger partial charge in [-0.05, 0) is 54.2 Å². The summed E-state index contributed by atoms with van der Waals surface area (Å²) in [4.78, 5) is 38.9. The highest BCUT2D eigenvalue weighted by molar-refractivity contribution is 6.30. The molecule has 2 amide bonds. The fourth-order valence-corrected chi connectivity index (χ4v) is 5.57. The summed E-state index contributed by atoms with van der Waals surface area (Å²) >= 11 is 5.91. The maximum atomic E-state index is 14.4. The van der Waals surface area contributed by atoms with Gasteiger partial charge in [-0.25, -0.2) is 4.39 Å². The lowest BCUT2D eigenvalue weighted by molar-refractivity contribution is -0.140. The van der Waals surface area contributed by atoms with E-state index in [2.05, 4.69) is 4.90 Å². The molecule has 2 aliphatic rings. The molecule has 1 unspecified atom stereocenters. The molecule has 8 nitrogen and oxygen atoms in total. The third-order valence-corrected chi connectivity index (χ3v) is 7.75. The number of carbonyl (C=O) groups is 3. The standard InChI is InChI=1S/C29H34ClFN2O6/c1-38-26-14-20(6-9-25(26)39-13-12-33-27(34)10-11-28(33)35)18-32(17-19-4-2-3-5-19)24(16-29(36)37)21-7-8-22(30)23(31)15-21/h6-9,14-15,19,24H,2-5,10-13,16-18H2,1H3,(H,36,37). The van der Waals surface area contributed by atoms with Crippen molar-refractivity contribution in [2.24, 2.45) is 5.92 Å². The van der Waals surface area contributed by atoms with E-state index in [1.165, 1.54) is 24.1 Å². The van der Waals surface area contributed by atoms with E-state index in [0.29, 0.717) is 36.1 Å². The number of aliphatic carboxylic acids is 1. The van der Waals surface area contributed by atoms with Gasteiger partial charge < -0.3 is 14.6 Å². The Kier molecular flexibility index (Phi) is 9.80. The first kappa shape index (κ1) is 28.8. The number of carbonyl (C=O) groups excluding carboxylic acids is 2. The average molecular weight is 561 g/mol. The number of methoxy groups -OCH3 is 1. The zero-order valence-corrected chi connectivity index (χ0v) is 22.8. The Hall–Kier alpha value is -3.17. The van der Waals surface area contributed by atoms with Crippen molar-refractivity contribution < 1.29 is 33.4 Å². The lowest BCUT2D eigenvalue weighted by Crippen LogP contribution is -2.34. The lowest BCUT2D eigenvalue weighted by atomic mass is 9.98. The van der Waals surface area contributed by atoms with Gasteiger partial charge in [-0.2, -0.15) is 0 Å². The SMILES string of the molecule is COc1cc(CN(CC2CCCC2)C(CC(=O)O)c2ccc(Cl)c(F)c2)ccc1OCCN1C(=O)CCC1=O. The third kappa shape index (κ3) is 7.48. The van der Waals surface area contributed by atoms with E-state index in [4.69, 9.17) is 21.1 Å². The summed E-state index contributed by atoms with van der Waals surface area (Å²) in [6.07, 6.45) is 4.73. The minimum atomic E-state index is -0.969. The number of likely N-dealkylation sites (tertiary alicyclic amines) is 1. The van der Waals surface area contributed by atoms with Crippen LogP contribution in [0.1, 0.15) is 62.1 Å². The number of ether oxygens (including phenoxy) is 2. The Morgan fingerprint density at radius 3 is 2.49 bits per heavy atom. The van der Waals surface area contributed by atoms with Crippen molar-refractivity contribution in [2.45, 2.75) is 57.5 Å². The summed E-state index contributed by atoms with van der Waals surface area (Å²) in [5.41, 5.74) is 1.45. The van der Waals surface area contributed by atoms with Gasteiger partial charge in [0.1, 0.15) is 12.4 Å². The second-order valence-electron chi connectivity index (χ2n) is 10.1. The number of hydrogen-bond donors (Lipinski definition) is 1. The summed E-state index contributed by atoms with van der Waals surface area (Å²) in [5.74, 6) is -0.535. The zero-order valence-electron chi connectivity index (χ0n) is 22.0. The molecule has 1 N–H and O–H groups in total. The lowest BCUT2D eigenvalue weighted by Gasteiger charge is -2.33. The van der Waals surface area contributed by atoms with Crippen LogP contribution in [0, 0.1) is 11.7 Å². The molecule has 210 valence electrons. The molecule has 1 heterocycles. The molecule has 39 heavy (non-hydrogen) atoms. The maximum absolute atomic E-state index is 14.4. The summed E-state index contributed by atoms with van der Waals surface area (Å²) in [6, 6.07) is 9.41. The van der Waals surface area contributed by atoms with E-state index in [0.717, 1.165) is 31.2 Å². The Balaban J connectivity index is 1.53. The molecular weight excluding hydrogens is 527 g/mol. The highest BCUT2D eigenvalue weighted by atomic mass is 35.5. The van der Waals surface area contributed by atoms with E-state index in [1.54, 1.807) is 12.1 Å². The Bertz CT molecular complexity index is 1190. The van der Waals surface area contributed by atoms with E-state index < -0.39 is 17.8 Å². The molecular formula is C29H34ClFN2O6. The van der Waals surface area contributed by atoms with Crippen LogP contribution in [0.15, 0.2) is 36.4 Å². The molecule has 1 saturated heterocycles. The van der Waals surface area contributed by atoms with E-state index in [9.17, 15) is 23.9 Å². The highest BCUT2D eigenvalue weighted by Gasteiger charge is 2.29. The molecule has 1 atom stereocenters. The van der Waals surface area contributed by atoms with Crippen LogP contribution < -0.4 is 9.47 Å². The number of imide groups is 1. The molecule has 2 aromatic rings. The second-order valence-corrected chi connectivity index (χ2v) is 10.5. The number of hydrogen-bond acceptors (Lipinski definition) is 6. The fourth-order valence-electron chi connectivity index (χ4n) is 5.45. The first-order chi connectivity index (χ1) is 18.7. The van der Waals surface area contributed by atoms with Crippen molar-refractivity contribution in [2.75, 3.05) is 26.8 Å². The fraction of sp³-hybridized carbons (Fsp3) is 0.483. The number of carboxylic acids is 1. The summed E-state index contributed by atoms with van der Waals surface area (Å²) < 4.78 is 25.8. The Morgan fingerprint density at radius 1 is 1.13 bits per heavy atom. The highest BCUT2D eigenvalue weighted by Crippen LogP contribution is 2.35. The molecule has 4 rings (SSSR count). The van der Waals surface area contributed by atoms with Gasteiger partial charge in [-0.1, -0.05) is 36.6 Å². The molecule has 0 radical (unpaired) electrons. The summed E-state index contributed by atoms with van der Waals surface area (Å²) in [5, 5.41) is 9.72.